The van der Waals surface area contributed by atoms with Crippen molar-refractivity contribution < 1.29 is 9.63 Å². The number of carbonyl (C=O) groups is 1. The van der Waals surface area contributed by atoms with Crippen LogP contribution in [0.1, 0.15) is 39.2 Å². The molecule has 0 fully saturated rings. The monoisotopic (exact) mass is 264 g/mol. The van der Waals surface area contributed by atoms with Crippen molar-refractivity contribution in [1.29, 1.82) is 0 Å². The van der Waals surface area contributed by atoms with Crippen molar-refractivity contribution >= 4 is 6.03 Å². The summed E-state index contributed by atoms with van der Waals surface area (Å²) in [7, 11) is 1.52. The normalized spacial score (nSPS) is 11.2. The molecule has 0 spiro atoms. The largest absolute Gasteiger partial charge is 0.342 e. The Kier molecular flexibility index (Phi) is 5.83. The van der Waals surface area contributed by atoms with Crippen molar-refractivity contribution in [2.75, 3.05) is 13.7 Å². The van der Waals surface area contributed by atoms with Gasteiger partial charge < -0.3 is 5.32 Å². The second-order valence-electron chi connectivity index (χ2n) is 4.99. The Morgan fingerprint density at radius 1 is 1.32 bits per heavy atom. The van der Waals surface area contributed by atoms with Crippen LogP contribution in [0.3, 0.4) is 0 Å². The molecule has 4 heteroatoms. The van der Waals surface area contributed by atoms with Crippen LogP contribution in [0.5, 0.6) is 0 Å². The summed E-state index contributed by atoms with van der Waals surface area (Å²) in [5, 5.41) is 4.26. The first kappa shape index (κ1) is 15.5. The van der Waals surface area contributed by atoms with E-state index in [0.717, 1.165) is 18.4 Å². The van der Waals surface area contributed by atoms with Crippen LogP contribution >= 0.6 is 0 Å². The predicted octanol–water partition coefficient (Wildman–Crippen LogP) is 3.29. The van der Waals surface area contributed by atoms with Crippen LogP contribution in [0.25, 0.3) is 0 Å². The summed E-state index contributed by atoms with van der Waals surface area (Å²) in [4.78, 5) is 17.4. The molecule has 1 aromatic carbocycles. The number of hydrogen-bond donors (Lipinski definition) is 1. The second kappa shape index (κ2) is 7.14. The zero-order chi connectivity index (χ0) is 14.3. The Labute approximate surface area is 115 Å². The molecule has 0 heterocycles. The third-order valence-electron chi connectivity index (χ3n) is 3.16. The first-order chi connectivity index (χ1) is 9.04. The van der Waals surface area contributed by atoms with Gasteiger partial charge in [-0.2, -0.15) is 5.06 Å². The van der Waals surface area contributed by atoms with Crippen LogP contribution < -0.4 is 5.32 Å². The van der Waals surface area contributed by atoms with Crippen LogP contribution in [0.15, 0.2) is 30.3 Å². The van der Waals surface area contributed by atoms with E-state index in [9.17, 15) is 4.79 Å². The lowest BCUT2D eigenvalue weighted by Crippen LogP contribution is -2.49. The number of nitrogens with one attached hydrogen (secondary N) is 1. The second-order valence-corrected chi connectivity index (χ2v) is 4.99. The average Bonchev–Trinajstić information content (AvgIpc) is 2.40. The van der Waals surface area contributed by atoms with E-state index < -0.39 is 5.54 Å². The summed E-state index contributed by atoms with van der Waals surface area (Å²) in [5.74, 6) is 0. The minimum atomic E-state index is -0.522. The van der Waals surface area contributed by atoms with Gasteiger partial charge in [0.2, 0.25) is 0 Å². The van der Waals surface area contributed by atoms with E-state index in [4.69, 9.17) is 4.84 Å². The quantitative estimate of drug-likeness (QED) is 0.632. The SMILES string of the molecule is CCCCNC(=O)N(OC)C(C)(C)c1ccccc1. The highest BCUT2D eigenvalue weighted by Crippen LogP contribution is 2.27. The van der Waals surface area contributed by atoms with E-state index in [1.54, 1.807) is 0 Å². The molecular formula is C15H24N2O2. The summed E-state index contributed by atoms with van der Waals surface area (Å²) < 4.78 is 0. The van der Waals surface area contributed by atoms with Crippen molar-refractivity contribution in [2.45, 2.75) is 39.2 Å². The Balaban J connectivity index is 2.80. The van der Waals surface area contributed by atoms with E-state index >= 15 is 0 Å². The molecule has 1 rings (SSSR count). The molecule has 0 aliphatic carbocycles. The highest BCUT2D eigenvalue weighted by molar-refractivity contribution is 5.74. The van der Waals surface area contributed by atoms with Gasteiger partial charge in [-0.25, -0.2) is 4.79 Å². The first-order valence-electron chi connectivity index (χ1n) is 6.71. The van der Waals surface area contributed by atoms with E-state index in [1.165, 1.54) is 12.2 Å². The van der Waals surface area contributed by atoms with E-state index in [-0.39, 0.29) is 6.03 Å². The zero-order valence-electron chi connectivity index (χ0n) is 12.3. The number of hydrogen-bond acceptors (Lipinski definition) is 2. The molecule has 0 radical (unpaired) electrons. The van der Waals surface area contributed by atoms with Crippen molar-refractivity contribution in [3.05, 3.63) is 35.9 Å². The van der Waals surface area contributed by atoms with Crippen LogP contribution in [-0.2, 0) is 10.4 Å². The number of urea groups is 1. The first-order valence-corrected chi connectivity index (χ1v) is 6.71. The van der Waals surface area contributed by atoms with Crippen molar-refractivity contribution in [3.63, 3.8) is 0 Å². The van der Waals surface area contributed by atoms with Crippen LogP contribution in [0.2, 0.25) is 0 Å². The van der Waals surface area contributed by atoms with Crippen LogP contribution in [0, 0.1) is 0 Å². The smallest absolute Gasteiger partial charge is 0.336 e. The number of carbonyl (C=O) groups excluding carboxylic acids is 1. The van der Waals surface area contributed by atoms with Crippen LogP contribution in [-0.4, -0.2) is 24.7 Å². The zero-order valence-corrected chi connectivity index (χ0v) is 12.3. The summed E-state index contributed by atoms with van der Waals surface area (Å²) in [6.45, 7) is 6.69. The Bertz CT molecular complexity index is 390. The minimum absolute atomic E-state index is 0.204. The van der Waals surface area contributed by atoms with E-state index in [2.05, 4.69) is 12.2 Å². The summed E-state index contributed by atoms with van der Waals surface area (Å²) in [5.41, 5.74) is 0.509. The maximum absolute atomic E-state index is 12.2. The lowest BCUT2D eigenvalue weighted by atomic mass is 9.94. The van der Waals surface area contributed by atoms with Crippen molar-refractivity contribution in [2.24, 2.45) is 0 Å². The maximum Gasteiger partial charge on any atom is 0.342 e. The molecule has 19 heavy (non-hydrogen) atoms. The van der Waals surface area contributed by atoms with Gasteiger partial charge in [0.25, 0.3) is 0 Å². The summed E-state index contributed by atoms with van der Waals surface area (Å²) >= 11 is 0. The fourth-order valence-electron chi connectivity index (χ4n) is 1.97. The van der Waals surface area contributed by atoms with Gasteiger partial charge in [-0.05, 0) is 25.8 Å². The number of nitrogens with zero attached hydrogens (tertiary/aromatic N) is 1. The fraction of sp³-hybridized carbons (Fsp3) is 0.533. The van der Waals surface area contributed by atoms with Gasteiger partial charge in [-0.3, -0.25) is 4.84 Å². The number of amides is 2. The molecular weight excluding hydrogens is 240 g/mol. The lowest BCUT2D eigenvalue weighted by molar-refractivity contribution is -0.150. The highest BCUT2D eigenvalue weighted by atomic mass is 16.7. The van der Waals surface area contributed by atoms with E-state index in [0.29, 0.717) is 6.54 Å². The molecule has 0 aliphatic rings. The molecule has 0 unspecified atom stereocenters. The van der Waals surface area contributed by atoms with Gasteiger partial charge in [0.05, 0.1) is 12.6 Å². The Hall–Kier alpha value is -1.55. The Morgan fingerprint density at radius 2 is 1.95 bits per heavy atom. The van der Waals surface area contributed by atoms with Gasteiger partial charge in [0.1, 0.15) is 0 Å². The molecule has 0 atom stereocenters. The average molecular weight is 264 g/mol. The van der Waals surface area contributed by atoms with Crippen molar-refractivity contribution in [1.82, 2.24) is 10.4 Å². The molecule has 0 saturated heterocycles. The molecule has 0 saturated carbocycles. The molecule has 1 N–H and O–H groups in total. The van der Waals surface area contributed by atoms with Gasteiger partial charge in [0, 0.05) is 6.54 Å². The highest BCUT2D eigenvalue weighted by Gasteiger charge is 2.33. The number of unbranched alkanes of at least 4 members (excludes halogenated alkanes) is 1. The number of hydroxylamine groups is 2. The molecule has 106 valence electrons. The van der Waals surface area contributed by atoms with Gasteiger partial charge in [-0.15, -0.1) is 0 Å². The van der Waals surface area contributed by atoms with Crippen molar-refractivity contribution in [3.8, 4) is 0 Å². The minimum Gasteiger partial charge on any atom is -0.336 e. The molecule has 0 bridgehead atoms. The van der Waals surface area contributed by atoms with Gasteiger partial charge >= 0.3 is 6.03 Å². The van der Waals surface area contributed by atoms with E-state index in [1.807, 2.05) is 44.2 Å². The number of benzene rings is 1. The molecule has 0 aliphatic heterocycles. The Morgan fingerprint density at radius 3 is 2.47 bits per heavy atom. The maximum atomic E-state index is 12.2. The predicted molar refractivity (Wildman–Crippen MR) is 76.6 cm³/mol. The third kappa shape index (κ3) is 3.96. The standard InChI is InChI=1S/C15H24N2O2/c1-5-6-12-16-14(18)17(19-4)15(2,3)13-10-8-7-9-11-13/h7-11H,5-6,12H2,1-4H3,(H,16,18). The molecule has 2 amide bonds. The number of rotatable bonds is 6. The summed E-state index contributed by atoms with van der Waals surface area (Å²) in [6, 6.07) is 9.65. The fourth-order valence-corrected chi connectivity index (χ4v) is 1.97. The molecule has 0 aromatic heterocycles. The molecule has 1 aromatic rings. The topological polar surface area (TPSA) is 41.6 Å². The lowest BCUT2D eigenvalue weighted by Gasteiger charge is -2.36. The van der Waals surface area contributed by atoms with Gasteiger partial charge in [-0.1, -0.05) is 43.7 Å². The van der Waals surface area contributed by atoms with Crippen LogP contribution in [0.4, 0.5) is 4.79 Å². The third-order valence-corrected chi connectivity index (χ3v) is 3.16. The molecule has 4 nitrogen and oxygen atoms in total. The van der Waals surface area contributed by atoms with Gasteiger partial charge in [0.15, 0.2) is 0 Å². The summed E-state index contributed by atoms with van der Waals surface area (Å²) in [6.07, 6.45) is 2.02.